The Kier molecular flexibility index (Phi) is 6.63. The third kappa shape index (κ3) is 4.77. The molecular formula is C28H43N3O. The summed E-state index contributed by atoms with van der Waals surface area (Å²) >= 11 is 0. The van der Waals surface area contributed by atoms with Crippen LogP contribution in [0.5, 0.6) is 0 Å². The number of amides is 1. The zero-order chi connectivity index (χ0) is 22.1. The van der Waals surface area contributed by atoms with Crippen molar-refractivity contribution in [3.8, 4) is 0 Å². The van der Waals surface area contributed by atoms with Crippen molar-refractivity contribution in [2.75, 3.05) is 46.8 Å². The number of piperidine rings is 1. The lowest BCUT2D eigenvalue weighted by molar-refractivity contribution is -0.134. The number of benzene rings is 1. The van der Waals surface area contributed by atoms with E-state index in [-0.39, 0.29) is 0 Å². The highest BCUT2D eigenvalue weighted by atomic mass is 16.2. The molecule has 4 nitrogen and oxygen atoms in total. The van der Waals surface area contributed by atoms with Crippen LogP contribution in [0.4, 0.5) is 0 Å². The Morgan fingerprint density at radius 1 is 1.03 bits per heavy atom. The first-order chi connectivity index (χ1) is 15.5. The van der Waals surface area contributed by atoms with Crippen LogP contribution in [0, 0.1) is 17.3 Å². The average molecular weight is 438 g/mol. The molecule has 4 aliphatic rings. The number of fused-ring (bicyclic) bond motifs is 1. The molecule has 1 aliphatic heterocycles. The summed E-state index contributed by atoms with van der Waals surface area (Å²) in [5.41, 5.74) is 3.53. The van der Waals surface area contributed by atoms with E-state index in [1.165, 1.54) is 70.9 Å². The van der Waals surface area contributed by atoms with E-state index in [9.17, 15) is 4.79 Å². The second kappa shape index (κ2) is 9.46. The minimum atomic E-state index is 0.349. The van der Waals surface area contributed by atoms with Gasteiger partial charge in [0.15, 0.2) is 0 Å². The maximum absolute atomic E-state index is 13.5. The highest BCUT2D eigenvalue weighted by molar-refractivity contribution is 5.82. The normalized spacial score (nSPS) is 25.5. The third-order valence-corrected chi connectivity index (χ3v) is 9.11. The minimum Gasteiger partial charge on any atom is -0.342 e. The summed E-state index contributed by atoms with van der Waals surface area (Å²) < 4.78 is 0. The molecule has 4 heteroatoms. The fourth-order valence-electron chi connectivity index (χ4n) is 7.02. The molecule has 176 valence electrons. The predicted molar refractivity (Wildman–Crippen MR) is 131 cm³/mol. The standard InChI is InChI=1S/C28H43N3O/c1-29(2)14-7-15-31(27(32)26-20-28(26)12-5-6-13-28)21-22-10-16-30(17-11-22)25-18-23-8-3-4-9-24(23)19-25/h3-4,8-9,22,25-26H,5-7,10-21H2,1-2H3. The minimum absolute atomic E-state index is 0.349. The van der Waals surface area contributed by atoms with Crippen molar-refractivity contribution < 1.29 is 4.79 Å². The van der Waals surface area contributed by atoms with Crippen LogP contribution in [-0.2, 0) is 17.6 Å². The van der Waals surface area contributed by atoms with Crippen molar-refractivity contribution in [3.63, 3.8) is 0 Å². The number of likely N-dealkylation sites (tertiary alicyclic amines) is 1. The lowest BCUT2D eigenvalue weighted by Gasteiger charge is -2.38. The van der Waals surface area contributed by atoms with E-state index in [4.69, 9.17) is 0 Å². The van der Waals surface area contributed by atoms with Crippen LogP contribution in [0.3, 0.4) is 0 Å². The van der Waals surface area contributed by atoms with E-state index in [0.29, 0.717) is 29.2 Å². The summed E-state index contributed by atoms with van der Waals surface area (Å²) in [5.74, 6) is 1.53. The molecule has 0 bridgehead atoms. The largest absolute Gasteiger partial charge is 0.342 e. The van der Waals surface area contributed by atoms with Crippen LogP contribution in [-0.4, -0.2) is 73.5 Å². The highest BCUT2D eigenvalue weighted by Gasteiger charge is 2.59. The van der Waals surface area contributed by atoms with Crippen molar-refractivity contribution in [2.24, 2.45) is 17.3 Å². The van der Waals surface area contributed by atoms with E-state index >= 15 is 0 Å². The molecule has 5 rings (SSSR count). The number of hydrogen-bond acceptors (Lipinski definition) is 3. The molecule has 0 aromatic heterocycles. The molecule has 1 aromatic rings. The first-order valence-corrected chi connectivity index (χ1v) is 13.3. The van der Waals surface area contributed by atoms with Gasteiger partial charge in [0.25, 0.3) is 0 Å². The smallest absolute Gasteiger partial charge is 0.226 e. The maximum atomic E-state index is 13.5. The summed E-state index contributed by atoms with van der Waals surface area (Å²) in [4.78, 5) is 20.8. The van der Waals surface area contributed by atoms with Crippen molar-refractivity contribution in [2.45, 2.75) is 70.3 Å². The van der Waals surface area contributed by atoms with Crippen LogP contribution in [0.25, 0.3) is 0 Å². The molecule has 3 aliphatic carbocycles. The van der Waals surface area contributed by atoms with Crippen molar-refractivity contribution >= 4 is 5.91 Å². The monoisotopic (exact) mass is 437 g/mol. The van der Waals surface area contributed by atoms with Gasteiger partial charge in [-0.15, -0.1) is 0 Å². The quantitative estimate of drug-likeness (QED) is 0.609. The second-order valence-corrected chi connectivity index (χ2v) is 11.6. The lowest BCUT2D eigenvalue weighted by atomic mass is 9.94. The third-order valence-electron chi connectivity index (χ3n) is 9.11. The Hall–Kier alpha value is -1.39. The first kappa shape index (κ1) is 22.4. The molecular weight excluding hydrogens is 394 g/mol. The van der Waals surface area contributed by atoms with E-state index < -0.39 is 0 Å². The van der Waals surface area contributed by atoms with Gasteiger partial charge in [0.05, 0.1) is 0 Å². The topological polar surface area (TPSA) is 26.8 Å². The van der Waals surface area contributed by atoms with E-state index in [1.807, 2.05) is 0 Å². The lowest BCUT2D eigenvalue weighted by Crippen LogP contribution is -2.45. The van der Waals surface area contributed by atoms with Gasteiger partial charge in [-0.1, -0.05) is 37.1 Å². The number of nitrogens with zero attached hydrogens (tertiary/aromatic N) is 3. The summed E-state index contributed by atoms with van der Waals surface area (Å²) in [5, 5.41) is 0. The Balaban J connectivity index is 1.14. The molecule has 0 radical (unpaired) electrons. The molecule has 1 saturated heterocycles. The zero-order valence-electron chi connectivity index (χ0n) is 20.4. The first-order valence-electron chi connectivity index (χ1n) is 13.3. The number of hydrogen-bond donors (Lipinski definition) is 0. The Morgan fingerprint density at radius 2 is 1.69 bits per heavy atom. The summed E-state index contributed by atoms with van der Waals surface area (Å²) in [6, 6.07) is 9.69. The van der Waals surface area contributed by atoms with E-state index in [0.717, 1.165) is 26.1 Å². The molecule has 1 atom stereocenters. The Morgan fingerprint density at radius 3 is 2.31 bits per heavy atom. The number of rotatable bonds is 8. The van der Waals surface area contributed by atoms with Gasteiger partial charge >= 0.3 is 0 Å². The van der Waals surface area contributed by atoms with Gasteiger partial charge in [0, 0.05) is 25.0 Å². The van der Waals surface area contributed by atoms with Gasteiger partial charge in [-0.3, -0.25) is 9.69 Å². The molecule has 1 heterocycles. The van der Waals surface area contributed by atoms with E-state index in [2.05, 4.69) is 53.1 Å². The van der Waals surface area contributed by atoms with Gasteiger partial charge in [0.2, 0.25) is 5.91 Å². The van der Waals surface area contributed by atoms with Gasteiger partial charge in [-0.05, 0) is 108 Å². The number of carbonyl (C=O) groups excluding carboxylic acids is 1. The molecule has 3 fully saturated rings. The van der Waals surface area contributed by atoms with Crippen LogP contribution in [0.2, 0.25) is 0 Å². The van der Waals surface area contributed by atoms with Gasteiger partial charge in [-0.25, -0.2) is 0 Å². The molecule has 0 N–H and O–H groups in total. The van der Waals surface area contributed by atoms with Crippen molar-refractivity contribution in [1.29, 1.82) is 0 Å². The zero-order valence-corrected chi connectivity index (χ0v) is 20.4. The van der Waals surface area contributed by atoms with Crippen molar-refractivity contribution in [3.05, 3.63) is 35.4 Å². The maximum Gasteiger partial charge on any atom is 0.226 e. The Bertz CT molecular complexity index is 767. The fraction of sp³-hybridized carbons (Fsp3) is 0.750. The molecule has 1 unspecified atom stereocenters. The van der Waals surface area contributed by atoms with E-state index in [1.54, 1.807) is 11.1 Å². The summed E-state index contributed by atoms with van der Waals surface area (Å²) in [6.07, 6.45) is 12.5. The van der Waals surface area contributed by atoms with Crippen LogP contribution in [0.1, 0.15) is 62.5 Å². The predicted octanol–water partition coefficient (Wildman–Crippen LogP) is 4.23. The second-order valence-electron chi connectivity index (χ2n) is 11.6. The Labute approximate surface area is 195 Å². The molecule has 1 spiro atoms. The van der Waals surface area contributed by atoms with Crippen LogP contribution >= 0.6 is 0 Å². The summed E-state index contributed by atoms with van der Waals surface area (Å²) in [7, 11) is 4.27. The van der Waals surface area contributed by atoms with Crippen LogP contribution < -0.4 is 0 Å². The van der Waals surface area contributed by atoms with Gasteiger partial charge in [0.1, 0.15) is 0 Å². The summed E-state index contributed by atoms with van der Waals surface area (Å²) in [6.45, 7) is 5.42. The van der Waals surface area contributed by atoms with Crippen LogP contribution in [0.15, 0.2) is 24.3 Å². The SMILES string of the molecule is CN(C)CCCN(CC1CCN(C2Cc3ccccc3C2)CC1)C(=O)C1CC12CCCC2. The average Bonchev–Trinajstić information content (AvgIpc) is 3.11. The molecule has 1 aromatic carbocycles. The number of carbonyl (C=O) groups is 1. The van der Waals surface area contributed by atoms with Gasteiger partial charge in [-0.2, -0.15) is 0 Å². The molecule has 32 heavy (non-hydrogen) atoms. The fourth-order valence-corrected chi connectivity index (χ4v) is 7.02. The highest BCUT2D eigenvalue weighted by Crippen LogP contribution is 2.63. The molecule has 2 saturated carbocycles. The molecule has 1 amide bonds. The van der Waals surface area contributed by atoms with Gasteiger partial charge < -0.3 is 9.80 Å². The van der Waals surface area contributed by atoms with Crippen molar-refractivity contribution in [1.82, 2.24) is 14.7 Å².